The number of aromatic nitrogens is 3. The summed E-state index contributed by atoms with van der Waals surface area (Å²) in [5.41, 5.74) is 1.41. The molecule has 0 radical (unpaired) electrons. The van der Waals surface area contributed by atoms with Gasteiger partial charge in [-0.05, 0) is 6.07 Å². The van der Waals surface area contributed by atoms with Gasteiger partial charge in [-0.25, -0.2) is 9.97 Å². The van der Waals surface area contributed by atoms with Crippen molar-refractivity contribution in [2.24, 2.45) is 0 Å². The molecule has 0 fully saturated rings. The lowest BCUT2D eigenvalue weighted by Crippen LogP contribution is -1.89. The normalized spacial score (nSPS) is 9.85. The van der Waals surface area contributed by atoms with E-state index in [9.17, 15) is 0 Å². The largest absolute Gasteiger partial charge is 0.251 e. The highest BCUT2D eigenvalue weighted by atomic mass is 35.5. The summed E-state index contributed by atoms with van der Waals surface area (Å²) in [4.78, 5) is 11.7. The van der Waals surface area contributed by atoms with Crippen LogP contribution in [0.1, 0.15) is 5.56 Å². The van der Waals surface area contributed by atoms with Gasteiger partial charge in [-0.2, -0.15) is 5.26 Å². The number of hydrogen-bond acceptors (Lipinski definition) is 4. The van der Waals surface area contributed by atoms with E-state index in [1.807, 2.05) is 6.07 Å². The van der Waals surface area contributed by atoms with Crippen LogP contribution in [-0.4, -0.2) is 15.0 Å². The maximum Gasteiger partial charge on any atom is 0.158 e. The Morgan fingerprint density at radius 3 is 2.85 bits per heavy atom. The Morgan fingerprint density at radius 1 is 1.23 bits per heavy atom. The van der Waals surface area contributed by atoms with Crippen molar-refractivity contribution in [3.63, 3.8) is 0 Å². The van der Waals surface area contributed by atoms with Crippen molar-refractivity contribution < 1.29 is 0 Å². The Hall–Kier alpha value is -1.73. The van der Waals surface area contributed by atoms with Crippen LogP contribution < -0.4 is 0 Å². The van der Waals surface area contributed by atoms with Gasteiger partial charge in [0.25, 0.3) is 0 Å². The summed E-state index contributed by atoms with van der Waals surface area (Å²) in [6.45, 7) is 0. The van der Waals surface area contributed by atoms with Gasteiger partial charge in [-0.1, -0.05) is 11.6 Å². The summed E-state index contributed by atoms with van der Waals surface area (Å²) in [7, 11) is 0. The van der Waals surface area contributed by atoms with Crippen molar-refractivity contribution in [2.45, 2.75) is 0 Å². The molecule has 0 aliphatic rings. The van der Waals surface area contributed by atoms with E-state index in [0.29, 0.717) is 16.6 Å². The number of hydrogen-bond donors (Lipinski definition) is 0. The standard InChI is InChI=1S/C8H3ClN4/c9-8-7-6(12-4-13-8)5(3-10)1-2-11-7/h1-2,4H. The molecule has 0 N–H and O–H groups in total. The smallest absolute Gasteiger partial charge is 0.158 e. The lowest BCUT2D eigenvalue weighted by atomic mass is 10.2. The van der Waals surface area contributed by atoms with E-state index >= 15 is 0 Å². The van der Waals surface area contributed by atoms with Gasteiger partial charge in [0.15, 0.2) is 5.15 Å². The van der Waals surface area contributed by atoms with Crippen LogP contribution in [0.4, 0.5) is 0 Å². The van der Waals surface area contributed by atoms with Crippen molar-refractivity contribution in [3.05, 3.63) is 29.3 Å². The third-order valence-corrected chi connectivity index (χ3v) is 1.87. The third-order valence-electron chi connectivity index (χ3n) is 1.60. The van der Waals surface area contributed by atoms with E-state index in [2.05, 4.69) is 15.0 Å². The minimum absolute atomic E-state index is 0.266. The summed E-state index contributed by atoms with van der Waals surface area (Å²) in [6.07, 6.45) is 2.82. The molecule has 0 bridgehead atoms. The zero-order valence-electron chi connectivity index (χ0n) is 6.40. The molecule has 2 heterocycles. The highest BCUT2D eigenvalue weighted by Crippen LogP contribution is 2.18. The van der Waals surface area contributed by atoms with Gasteiger partial charge in [0.1, 0.15) is 23.4 Å². The molecule has 0 aromatic carbocycles. The Balaban J connectivity index is 2.94. The maximum absolute atomic E-state index is 8.75. The molecule has 0 spiro atoms. The molecule has 0 aliphatic carbocycles. The summed E-state index contributed by atoms with van der Waals surface area (Å²) in [5.74, 6) is 0. The topological polar surface area (TPSA) is 62.5 Å². The molecule has 2 rings (SSSR count). The molecule has 62 valence electrons. The maximum atomic E-state index is 8.75. The lowest BCUT2D eigenvalue weighted by molar-refractivity contribution is 1.19. The van der Waals surface area contributed by atoms with Crippen molar-refractivity contribution in [2.75, 3.05) is 0 Å². The van der Waals surface area contributed by atoms with E-state index in [1.165, 1.54) is 12.5 Å². The van der Waals surface area contributed by atoms with Crippen molar-refractivity contribution in [1.29, 1.82) is 5.26 Å². The van der Waals surface area contributed by atoms with Crippen LogP contribution in [0.2, 0.25) is 5.15 Å². The van der Waals surface area contributed by atoms with Gasteiger partial charge < -0.3 is 0 Å². The molecule has 0 aliphatic heterocycles. The molecule has 0 amide bonds. The van der Waals surface area contributed by atoms with Gasteiger partial charge in [-0.3, -0.25) is 4.98 Å². The summed E-state index contributed by atoms with van der Waals surface area (Å²) in [6, 6.07) is 3.60. The minimum atomic E-state index is 0.266. The first-order valence-corrected chi connectivity index (χ1v) is 3.86. The highest BCUT2D eigenvalue weighted by Gasteiger charge is 2.05. The average Bonchev–Trinajstić information content (AvgIpc) is 2.18. The zero-order chi connectivity index (χ0) is 9.26. The minimum Gasteiger partial charge on any atom is -0.251 e. The van der Waals surface area contributed by atoms with Gasteiger partial charge in [0.05, 0.1) is 5.56 Å². The number of pyridine rings is 1. The fourth-order valence-electron chi connectivity index (χ4n) is 1.02. The van der Waals surface area contributed by atoms with E-state index in [-0.39, 0.29) is 5.15 Å². The second kappa shape index (κ2) is 2.96. The Bertz CT molecular complexity index is 503. The molecule has 4 nitrogen and oxygen atoms in total. The number of nitriles is 1. The molecular weight excluding hydrogens is 188 g/mol. The first-order valence-electron chi connectivity index (χ1n) is 3.48. The number of fused-ring (bicyclic) bond motifs is 1. The highest BCUT2D eigenvalue weighted by molar-refractivity contribution is 6.33. The lowest BCUT2D eigenvalue weighted by Gasteiger charge is -1.97. The molecule has 13 heavy (non-hydrogen) atoms. The second-order valence-electron chi connectivity index (χ2n) is 2.33. The van der Waals surface area contributed by atoms with Crippen molar-refractivity contribution >= 4 is 22.6 Å². The van der Waals surface area contributed by atoms with Crippen LogP contribution in [0, 0.1) is 11.3 Å². The molecule has 0 unspecified atom stereocenters. The number of rotatable bonds is 0. The SMILES string of the molecule is N#Cc1ccnc2c(Cl)ncnc12. The predicted molar refractivity (Wildman–Crippen MR) is 47.1 cm³/mol. The Labute approximate surface area is 78.8 Å². The molecule has 0 atom stereocenters. The van der Waals surface area contributed by atoms with E-state index in [0.717, 1.165) is 0 Å². The van der Waals surface area contributed by atoms with Crippen molar-refractivity contribution in [3.8, 4) is 6.07 Å². The molecule has 2 aromatic heterocycles. The van der Waals surface area contributed by atoms with Crippen LogP contribution in [0.5, 0.6) is 0 Å². The quantitative estimate of drug-likeness (QED) is 0.592. The molecule has 5 heteroatoms. The zero-order valence-corrected chi connectivity index (χ0v) is 7.15. The van der Waals surface area contributed by atoms with Crippen molar-refractivity contribution in [1.82, 2.24) is 15.0 Å². The van der Waals surface area contributed by atoms with Crippen LogP contribution in [0.15, 0.2) is 18.6 Å². The number of halogens is 1. The predicted octanol–water partition coefficient (Wildman–Crippen LogP) is 1.55. The van der Waals surface area contributed by atoms with Crippen LogP contribution in [-0.2, 0) is 0 Å². The van der Waals surface area contributed by atoms with E-state index < -0.39 is 0 Å². The molecular formula is C8H3ClN4. The van der Waals surface area contributed by atoms with E-state index in [1.54, 1.807) is 6.07 Å². The van der Waals surface area contributed by atoms with Gasteiger partial charge in [0.2, 0.25) is 0 Å². The fourth-order valence-corrected chi connectivity index (χ4v) is 1.21. The Morgan fingerprint density at radius 2 is 2.08 bits per heavy atom. The average molecular weight is 191 g/mol. The second-order valence-corrected chi connectivity index (χ2v) is 2.69. The van der Waals surface area contributed by atoms with Gasteiger partial charge >= 0.3 is 0 Å². The molecule has 0 saturated heterocycles. The summed E-state index contributed by atoms with van der Waals surface area (Å²) < 4.78 is 0. The van der Waals surface area contributed by atoms with Gasteiger partial charge in [0, 0.05) is 6.20 Å². The monoisotopic (exact) mass is 190 g/mol. The fraction of sp³-hybridized carbons (Fsp3) is 0. The van der Waals surface area contributed by atoms with E-state index in [4.69, 9.17) is 16.9 Å². The number of nitrogens with zero attached hydrogens (tertiary/aromatic N) is 4. The molecule has 0 saturated carbocycles. The van der Waals surface area contributed by atoms with Gasteiger partial charge in [-0.15, -0.1) is 0 Å². The van der Waals surface area contributed by atoms with Crippen LogP contribution in [0.25, 0.3) is 11.0 Å². The first-order chi connectivity index (χ1) is 6.33. The third kappa shape index (κ3) is 1.19. The summed E-state index contributed by atoms with van der Waals surface area (Å²) >= 11 is 5.76. The molecule has 2 aromatic rings. The van der Waals surface area contributed by atoms with Crippen LogP contribution >= 0.6 is 11.6 Å². The first kappa shape index (κ1) is 7.90. The van der Waals surface area contributed by atoms with Crippen LogP contribution in [0.3, 0.4) is 0 Å². The summed E-state index contributed by atoms with van der Waals surface area (Å²) in [5, 5.41) is 9.01. The Kier molecular flexibility index (Phi) is 1.80.